The van der Waals surface area contributed by atoms with Crippen molar-refractivity contribution in [2.24, 2.45) is 23.7 Å². The van der Waals surface area contributed by atoms with Gasteiger partial charge in [0.2, 0.25) is 0 Å². The van der Waals surface area contributed by atoms with Gasteiger partial charge in [0.25, 0.3) is 0 Å². The summed E-state index contributed by atoms with van der Waals surface area (Å²) < 4.78 is 0. The van der Waals surface area contributed by atoms with E-state index in [4.69, 9.17) is 0 Å². The van der Waals surface area contributed by atoms with Gasteiger partial charge in [0.05, 0.1) is 0 Å². The molecule has 0 N–H and O–H groups in total. The fourth-order valence-electron chi connectivity index (χ4n) is 5.71. The van der Waals surface area contributed by atoms with Crippen LogP contribution in [-0.4, -0.2) is 73.1 Å². The van der Waals surface area contributed by atoms with Gasteiger partial charge in [-0.15, -0.1) is 0 Å². The zero-order valence-corrected chi connectivity index (χ0v) is 16.3. The smallest absolute Gasteiger partial charge is 0.0127 e. The molecule has 24 heavy (non-hydrogen) atoms. The molecule has 0 bridgehead atoms. The Balaban J connectivity index is 1.16. The average Bonchev–Trinajstić information content (AvgIpc) is 3.27. The molecule has 4 fully saturated rings. The van der Waals surface area contributed by atoms with Crippen molar-refractivity contribution in [1.82, 2.24) is 14.7 Å². The number of likely N-dealkylation sites (N-methyl/N-ethyl adjacent to an activating group) is 1. The summed E-state index contributed by atoms with van der Waals surface area (Å²) in [6.45, 7) is 12.9. The molecular weight excluding hydrogens is 294 g/mol. The summed E-state index contributed by atoms with van der Waals surface area (Å²) in [6, 6.07) is 1.88. The van der Waals surface area contributed by atoms with E-state index >= 15 is 0 Å². The normalized spacial score (nSPS) is 43.4. The third kappa shape index (κ3) is 3.83. The highest BCUT2D eigenvalue weighted by Crippen LogP contribution is 2.46. The number of likely N-dealkylation sites (tertiary alicyclic amines) is 1. The van der Waals surface area contributed by atoms with Gasteiger partial charge in [0.15, 0.2) is 0 Å². The third-order valence-corrected chi connectivity index (χ3v) is 7.73. The molecule has 0 aromatic heterocycles. The fourth-order valence-corrected chi connectivity index (χ4v) is 5.71. The Bertz CT molecular complexity index is 411. The van der Waals surface area contributed by atoms with E-state index < -0.39 is 0 Å². The molecule has 3 nitrogen and oxygen atoms in total. The predicted molar refractivity (Wildman–Crippen MR) is 101 cm³/mol. The van der Waals surface area contributed by atoms with Gasteiger partial charge in [-0.1, -0.05) is 13.8 Å². The van der Waals surface area contributed by atoms with E-state index in [1.807, 2.05) is 0 Å². The number of piperazine rings is 1. The molecule has 0 aromatic carbocycles. The first-order valence-electron chi connectivity index (χ1n) is 10.8. The average molecular weight is 334 g/mol. The molecule has 2 aliphatic heterocycles. The SMILES string of the molecule is CC1CCCN(C2CC2CC(C)C2CC(N3CCN(C)CC3)C2)C1. The number of hydrogen-bond donors (Lipinski definition) is 0. The third-order valence-electron chi connectivity index (χ3n) is 7.73. The van der Waals surface area contributed by atoms with Gasteiger partial charge >= 0.3 is 0 Å². The maximum absolute atomic E-state index is 2.83. The fraction of sp³-hybridized carbons (Fsp3) is 1.00. The van der Waals surface area contributed by atoms with Crippen molar-refractivity contribution in [1.29, 1.82) is 0 Å². The molecule has 4 atom stereocenters. The van der Waals surface area contributed by atoms with Crippen LogP contribution < -0.4 is 0 Å². The Kier molecular flexibility index (Phi) is 5.22. The van der Waals surface area contributed by atoms with E-state index in [1.165, 1.54) is 77.8 Å². The van der Waals surface area contributed by atoms with Crippen LogP contribution in [0, 0.1) is 23.7 Å². The molecule has 0 radical (unpaired) electrons. The monoisotopic (exact) mass is 333 g/mol. The quantitative estimate of drug-likeness (QED) is 0.765. The molecule has 4 unspecified atom stereocenters. The van der Waals surface area contributed by atoms with Crippen LogP contribution in [0.25, 0.3) is 0 Å². The maximum atomic E-state index is 2.83. The van der Waals surface area contributed by atoms with Gasteiger partial charge < -0.3 is 4.90 Å². The molecule has 0 aromatic rings. The largest absolute Gasteiger partial charge is 0.304 e. The van der Waals surface area contributed by atoms with E-state index in [-0.39, 0.29) is 0 Å². The van der Waals surface area contributed by atoms with Crippen molar-refractivity contribution >= 4 is 0 Å². The molecule has 2 saturated heterocycles. The summed E-state index contributed by atoms with van der Waals surface area (Å²) in [7, 11) is 2.26. The topological polar surface area (TPSA) is 9.72 Å². The van der Waals surface area contributed by atoms with Gasteiger partial charge in [-0.25, -0.2) is 0 Å². The van der Waals surface area contributed by atoms with E-state index in [9.17, 15) is 0 Å². The van der Waals surface area contributed by atoms with Crippen molar-refractivity contribution in [3.8, 4) is 0 Å². The molecule has 0 spiro atoms. The molecule has 138 valence electrons. The second-order valence-electron chi connectivity index (χ2n) is 9.74. The van der Waals surface area contributed by atoms with E-state index in [2.05, 4.69) is 35.6 Å². The lowest BCUT2D eigenvalue weighted by Gasteiger charge is -2.48. The molecule has 4 aliphatic rings. The zero-order chi connectivity index (χ0) is 16.7. The Morgan fingerprint density at radius 3 is 2.42 bits per heavy atom. The predicted octanol–water partition coefficient (Wildman–Crippen LogP) is 3.16. The van der Waals surface area contributed by atoms with Crippen molar-refractivity contribution in [3.05, 3.63) is 0 Å². The Hall–Kier alpha value is -0.120. The summed E-state index contributed by atoms with van der Waals surface area (Å²) in [5.74, 6) is 3.96. The van der Waals surface area contributed by atoms with Gasteiger partial charge in [-0.2, -0.15) is 0 Å². The lowest BCUT2D eigenvalue weighted by atomic mass is 9.70. The van der Waals surface area contributed by atoms with Crippen LogP contribution in [0.1, 0.15) is 52.4 Å². The lowest BCUT2D eigenvalue weighted by Crippen LogP contribution is -2.53. The van der Waals surface area contributed by atoms with Crippen molar-refractivity contribution in [2.75, 3.05) is 46.3 Å². The highest BCUT2D eigenvalue weighted by atomic mass is 15.3. The summed E-state index contributed by atoms with van der Waals surface area (Å²) >= 11 is 0. The van der Waals surface area contributed by atoms with Crippen molar-refractivity contribution in [3.63, 3.8) is 0 Å². The van der Waals surface area contributed by atoms with Gasteiger partial charge in [-0.05, 0) is 75.8 Å². The minimum atomic E-state index is 0.920. The maximum Gasteiger partial charge on any atom is 0.0127 e. The van der Waals surface area contributed by atoms with Crippen LogP contribution in [0.2, 0.25) is 0 Å². The highest BCUT2D eigenvalue weighted by molar-refractivity contribution is 4.99. The minimum absolute atomic E-state index is 0.920. The highest BCUT2D eigenvalue weighted by Gasteiger charge is 2.45. The van der Waals surface area contributed by atoms with Crippen molar-refractivity contribution < 1.29 is 0 Å². The van der Waals surface area contributed by atoms with Crippen LogP contribution >= 0.6 is 0 Å². The van der Waals surface area contributed by atoms with E-state index in [0.717, 1.165) is 35.8 Å². The molecule has 2 saturated carbocycles. The van der Waals surface area contributed by atoms with E-state index in [0.29, 0.717) is 0 Å². The summed E-state index contributed by atoms with van der Waals surface area (Å²) in [4.78, 5) is 8.08. The van der Waals surface area contributed by atoms with Crippen LogP contribution in [0.3, 0.4) is 0 Å². The Morgan fingerprint density at radius 2 is 1.71 bits per heavy atom. The van der Waals surface area contributed by atoms with Crippen molar-refractivity contribution in [2.45, 2.75) is 64.5 Å². The summed E-state index contributed by atoms with van der Waals surface area (Å²) in [6.07, 6.45) is 8.89. The van der Waals surface area contributed by atoms with Crippen LogP contribution in [0.15, 0.2) is 0 Å². The number of rotatable bonds is 5. The van der Waals surface area contributed by atoms with Gasteiger partial charge in [0.1, 0.15) is 0 Å². The standard InChI is InChI=1S/C21H39N3/c1-16-5-4-6-24(15-16)21-14-19(21)11-17(2)18-12-20(13-18)23-9-7-22(3)8-10-23/h16-21H,4-15H2,1-3H3. The first-order valence-corrected chi connectivity index (χ1v) is 10.8. The zero-order valence-electron chi connectivity index (χ0n) is 16.3. The van der Waals surface area contributed by atoms with Crippen LogP contribution in [-0.2, 0) is 0 Å². The number of nitrogens with zero attached hydrogens (tertiary/aromatic N) is 3. The Morgan fingerprint density at radius 1 is 0.958 bits per heavy atom. The summed E-state index contributed by atoms with van der Waals surface area (Å²) in [5.41, 5.74) is 0. The molecule has 2 heterocycles. The molecule has 4 rings (SSSR count). The van der Waals surface area contributed by atoms with E-state index in [1.54, 1.807) is 0 Å². The summed E-state index contributed by atoms with van der Waals surface area (Å²) in [5, 5.41) is 0. The number of piperidine rings is 1. The van der Waals surface area contributed by atoms with Gasteiger partial charge in [0, 0.05) is 44.8 Å². The van der Waals surface area contributed by atoms with Crippen LogP contribution in [0.4, 0.5) is 0 Å². The molecule has 3 heteroatoms. The Labute approximate surface area is 149 Å². The second kappa shape index (κ2) is 7.25. The molecule has 0 amide bonds. The van der Waals surface area contributed by atoms with Crippen LogP contribution in [0.5, 0.6) is 0 Å². The lowest BCUT2D eigenvalue weighted by molar-refractivity contribution is 0.0192. The first-order chi connectivity index (χ1) is 11.6. The molecule has 2 aliphatic carbocycles. The van der Waals surface area contributed by atoms with Gasteiger partial charge in [-0.3, -0.25) is 9.80 Å². The second-order valence-corrected chi connectivity index (χ2v) is 9.74. The number of hydrogen-bond acceptors (Lipinski definition) is 3. The molecular formula is C21H39N3. The minimum Gasteiger partial charge on any atom is -0.304 e. The first kappa shape index (κ1) is 17.3.